The van der Waals surface area contributed by atoms with Crippen molar-refractivity contribution in [2.45, 2.75) is 19.4 Å². The van der Waals surface area contributed by atoms with Gasteiger partial charge in [-0.25, -0.2) is 0 Å². The summed E-state index contributed by atoms with van der Waals surface area (Å²) in [6.07, 6.45) is 0.649. The number of nitroso groups, excluding NO2 is 1. The lowest BCUT2D eigenvalue weighted by atomic mass is 10.2. The van der Waals surface area contributed by atoms with E-state index in [-0.39, 0.29) is 12.6 Å². The first-order valence-corrected chi connectivity index (χ1v) is 3.02. The molecular weight excluding hydrogens is 136 g/mol. The summed E-state index contributed by atoms with van der Waals surface area (Å²) in [4.78, 5) is 9.89. The van der Waals surface area contributed by atoms with Crippen molar-refractivity contribution in [3.63, 3.8) is 0 Å². The molecule has 0 amide bonds. The number of hydrazine groups is 1. The van der Waals surface area contributed by atoms with Gasteiger partial charge in [0.2, 0.25) is 0 Å². The summed E-state index contributed by atoms with van der Waals surface area (Å²) < 4.78 is 0. The molecule has 0 aromatic carbocycles. The molecule has 6 nitrogen and oxygen atoms in total. The fourth-order valence-corrected chi connectivity index (χ4v) is 0.606. The molecule has 0 aromatic rings. The van der Waals surface area contributed by atoms with Gasteiger partial charge in [-0.2, -0.15) is 5.12 Å². The van der Waals surface area contributed by atoms with Crippen LogP contribution in [0.5, 0.6) is 0 Å². The highest BCUT2D eigenvalue weighted by Gasteiger charge is 2.12. The van der Waals surface area contributed by atoms with Gasteiger partial charge in [0, 0.05) is 6.54 Å². The molecule has 10 heavy (non-hydrogen) atoms. The van der Waals surface area contributed by atoms with E-state index in [1.54, 1.807) is 5.59 Å². The Labute approximate surface area is 58.9 Å². The van der Waals surface area contributed by atoms with E-state index in [2.05, 4.69) is 5.29 Å². The fraction of sp³-hybridized carbons (Fsp3) is 1.00. The van der Waals surface area contributed by atoms with Crippen molar-refractivity contribution in [1.29, 1.82) is 0 Å². The van der Waals surface area contributed by atoms with Crippen LogP contribution in [-0.4, -0.2) is 22.9 Å². The van der Waals surface area contributed by atoms with Crippen LogP contribution in [0.15, 0.2) is 5.29 Å². The van der Waals surface area contributed by atoms with Crippen molar-refractivity contribution in [2.24, 2.45) is 11.0 Å². The van der Waals surface area contributed by atoms with E-state index >= 15 is 0 Å². The van der Waals surface area contributed by atoms with Gasteiger partial charge in [0.15, 0.2) is 0 Å². The van der Waals surface area contributed by atoms with Crippen molar-refractivity contribution in [2.75, 3.05) is 6.54 Å². The van der Waals surface area contributed by atoms with Crippen LogP contribution in [-0.2, 0) is 0 Å². The molecule has 0 radical (unpaired) electrons. The molecule has 0 saturated carbocycles. The third-order valence-electron chi connectivity index (χ3n) is 1.28. The third kappa shape index (κ3) is 2.26. The number of hydrogen-bond donors (Lipinski definition) is 3. The van der Waals surface area contributed by atoms with Gasteiger partial charge in [-0.1, -0.05) is 12.5 Å². The molecule has 0 aromatic heterocycles. The van der Waals surface area contributed by atoms with Crippen molar-refractivity contribution >= 4 is 0 Å². The lowest BCUT2D eigenvalue weighted by Crippen LogP contribution is -2.43. The Bertz CT molecular complexity index is 95.3. The third-order valence-corrected chi connectivity index (χ3v) is 1.28. The van der Waals surface area contributed by atoms with Gasteiger partial charge in [-0.3, -0.25) is 5.21 Å². The zero-order valence-corrected chi connectivity index (χ0v) is 5.82. The predicted molar refractivity (Wildman–Crippen MR) is 35.7 cm³/mol. The minimum atomic E-state index is -0.248. The first kappa shape index (κ1) is 9.28. The molecule has 0 aliphatic carbocycles. The summed E-state index contributed by atoms with van der Waals surface area (Å²) in [5.74, 6) is 0. The minimum Gasteiger partial charge on any atom is -0.328 e. The number of hydrogen-bond acceptors (Lipinski definition) is 5. The van der Waals surface area contributed by atoms with Crippen LogP contribution in [0.1, 0.15) is 13.3 Å². The standard InChI is InChI=1S/C4H12N4O2/c1-2-4(3-5)8(6-9)7-10/h4,6,9H,2-3,5H2,1H3. The van der Waals surface area contributed by atoms with Crippen LogP contribution in [0.2, 0.25) is 0 Å². The number of nitrogens with zero attached hydrogens (tertiary/aromatic N) is 2. The molecule has 0 spiro atoms. The average Bonchev–Trinajstić information content (AvgIpc) is 2.00. The Balaban J connectivity index is 3.81. The van der Waals surface area contributed by atoms with Crippen molar-refractivity contribution in [1.82, 2.24) is 10.7 Å². The lowest BCUT2D eigenvalue weighted by Gasteiger charge is -2.20. The molecule has 0 saturated heterocycles. The lowest BCUT2D eigenvalue weighted by molar-refractivity contribution is -0.0476. The summed E-state index contributed by atoms with van der Waals surface area (Å²) >= 11 is 0. The number of rotatable bonds is 5. The summed E-state index contributed by atoms with van der Waals surface area (Å²) in [5, 5.41) is 11.6. The van der Waals surface area contributed by atoms with Gasteiger partial charge in [0.1, 0.15) is 0 Å². The van der Waals surface area contributed by atoms with Crippen LogP contribution in [0, 0.1) is 4.91 Å². The molecule has 6 heteroatoms. The molecular formula is C4H12N4O2. The highest BCUT2D eigenvalue weighted by molar-refractivity contribution is 4.62. The van der Waals surface area contributed by atoms with Crippen molar-refractivity contribution < 1.29 is 5.21 Å². The molecule has 0 aliphatic heterocycles. The molecule has 60 valence electrons. The quantitative estimate of drug-likeness (QED) is 0.364. The fourth-order valence-electron chi connectivity index (χ4n) is 0.606. The van der Waals surface area contributed by atoms with E-state index in [9.17, 15) is 4.91 Å². The van der Waals surface area contributed by atoms with Gasteiger partial charge < -0.3 is 5.73 Å². The second kappa shape index (κ2) is 5.10. The van der Waals surface area contributed by atoms with E-state index in [0.29, 0.717) is 6.42 Å². The Morgan fingerprint density at radius 1 is 1.90 bits per heavy atom. The summed E-state index contributed by atoms with van der Waals surface area (Å²) in [6.45, 7) is 2.11. The van der Waals surface area contributed by atoms with Crippen LogP contribution in [0.4, 0.5) is 0 Å². The smallest absolute Gasteiger partial charge is 0.0817 e. The topological polar surface area (TPSA) is 91.0 Å². The van der Waals surface area contributed by atoms with Gasteiger partial charge >= 0.3 is 0 Å². The molecule has 0 bridgehead atoms. The monoisotopic (exact) mass is 148 g/mol. The van der Waals surface area contributed by atoms with Crippen LogP contribution >= 0.6 is 0 Å². The molecule has 0 aliphatic rings. The maximum Gasteiger partial charge on any atom is 0.0817 e. The Kier molecular flexibility index (Phi) is 4.73. The Morgan fingerprint density at radius 2 is 2.50 bits per heavy atom. The zero-order chi connectivity index (χ0) is 7.98. The maximum atomic E-state index is 9.89. The maximum absolute atomic E-state index is 9.89. The van der Waals surface area contributed by atoms with E-state index in [0.717, 1.165) is 5.12 Å². The molecule has 4 N–H and O–H groups in total. The summed E-state index contributed by atoms with van der Waals surface area (Å²) in [6, 6.07) is -0.248. The molecule has 1 unspecified atom stereocenters. The summed E-state index contributed by atoms with van der Waals surface area (Å²) in [7, 11) is 0. The van der Waals surface area contributed by atoms with Gasteiger partial charge in [-0.15, -0.1) is 4.91 Å². The van der Waals surface area contributed by atoms with E-state index in [1.807, 2.05) is 6.92 Å². The van der Waals surface area contributed by atoms with Crippen LogP contribution in [0.3, 0.4) is 0 Å². The zero-order valence-electron chi connectivity index (χ0n) is 5.82. The first-order chi connectivity index (χ1) is 4.79. The Morgan fingerprint density at radius 3 is 2.60 bits per heavy atom. The largest absolute Gasteiger partial charge is 0.328 e. The minimum absolute atomic E-state index is 0.248. The van der Waals surface area contributed by atoms with Crippen molar-refractivity contribution in [3.05, 3.63) is 4.91 Å². The summed E-state index contributed by atoms with van der Waals surface area (Å²) in [5.41, 5.74) is 6.87. The molecule has 0 fully saturated rings. The second-order valence-corrected chi connectivity index (χ2v) is 1.82. The van der Waals surface area contributed by atoms with Crippen LogP contribution < -0.4 is 11.3 Å². The van der Waals surface area contributed by atoms with Crippen LogP contribution in [0.25, 0.3) is 0 Å². The molecule has 0 rings (SSSR count). The van der Waals surface area contributed by atoms with Gasteiger partial charge in [-0.05, 0) is 6.42 Å². The highest BCUT2D eigenvalue weighted by Crippen LogP contribution is 1.97. The van der Waals surface area contributed by atoms with Crippen molar-refractivity contribution in [3.8, 4) is 0 Å². The second-order valence-electron chi connectivity index (χ2n) is 1.82. The normalized spacial score (nSPS) is 12.7. The number of nitrogens with two attached hydrogens (primary N) is 1. The van der Waals surface area contributed by atoms with E-state index < -0.39 is 0 Å². The number of nitrogens with one attached hydrogen (secondary N) is 1. The predicted octanol–water partition coefficient (Wildman–Crippen LogP) is -0.399. The Hall–Kier alpha value is -0.720. The van der Waals surface area contributed by atoms with E-state index in [1.165, 1.54) is 0 Å². The van der Waals surface area contributed by atoms with Gasteiger partial charge in [0.25, 0.3) is 0 Å². The average molecular weight is 148 g/mol. The first-order valence-electron chi connectivity index (χ1n) is 3.02. The van der Waals surface area contributed by atoms with E-state index in [4.69, 9.17) is 10.9 Å². The highest BCUT2D eigenvalue weighted by atomic mass is 16.5. The molecule has 1 atom stereocenters. The molecule has 0 heterocycles. The SMILES string of the molecule is CCC(CN)N(N=O)NO. The van der Waals surface area contributed by atoms with Gasteiger partial charge in [0.05, 0.1) is 11.3 Å².